The Morgan fingerprint density at radius 1 is 1.16 bits per heavy atom. The first kappa shape index (κ1) is 19.3. The van der Waals surface area contributed by atoms with Gasteiger partial charge in [-0.2, -0.15) is 0 Å². The molecule has 0 saturated heterocycles. The molecule has 0 unspecified atom stereocenters. The highest BCUT2D eigenvalue weighted by atomic mass is 32.1. The van der Waals surface area contributed by atoms with E-state index in [1.165, 1.54) is 4.88 Å². The molecule has 0 saturated carbocycles. The van der Waals surface area contributed by atoms with Crippen molar-refractivity contribution in [3.8, 4) is 5.75 Å². The second kappa shape index (κ2) is 11.5. The molecule has 2 N–H and O–H groups in total. The Balaban J connectivity index is 1.61. The average Bonchev–Trinajstić information content (AvgIpc) is 3.16. The van der Waals surface area contributed by atoms with Gasteiger partial charge in [0.05, 0.1) is 20.3 Å². The van der Waals surface area contributed by atoms with Crippen molar-refractivity contribution in [3.63, 3.8) is 0 Å². The average molecular weight is 362 g/mol. The summed E-state index contributed by atoms with van der Waals surface area (Å²) >= 11 is 1.73. The third kappa shape index (κ3) is 7.58. The van der Waals surface area contributed by atoms with Gasteiger partial charge in [-0.1, -0.05) is 18.2 Å². The molecule has 0 atom stereocenters. The fourth-order valence-corrected chi connectivity index (χ4v) is 2.82. The fraction of sp³-hybridized carbons (Fsp3) is 0.421. The van der Waals surface area contributed by atoms with Gasteiger partial charge in [0.1, 0.15) is 5.75 Å². The summed E-state index contributed by atoms with van der Waals surface area (Å²) in [7, 11) is 1.67. The maximum atomic E-state index is 5.71. The molecule has 0 fully saturated rings. The summed E-state index contributed by atoms with van der Waals surface area (Å²) in [6.45, 7) is 5.80. The Morgan fingerprint density at radius 2 is 2.00 bits per heavy atom. The molecular weight excluding hydrogens is 334 g/mol. The van der Waals surface area contributed by atoms with E-state index in [1.54, 1.807) is 18.4 Å². The number of thiophene rings is 1. The van der Waals surface area contributed by atoms with Gasteiger partial charge in [0, 0.05) is 24.6 Å². The van der Waals surface area contributed by atoms with E-state index < -0.39 is 0 Å². The van der Waals surface area contributed by atoms with Crippen molar-refractivity contribution in [1.82, 2.24) is 10.6 Å². The Labute approximate surface area is 154 Å². The third-order valence-electron chi connectivity index (χ3n) is 3.50. The van der Waals surface area contributed by atoms with Gasteiger partial charge in [-0.25, -0.2) is 4.99 Å². The van der Waals surface area contributed by atoms with Crippen LogP contribution in [0.2, 0.25) is 0 Å². The van der Waals surface area contributed by atoms with E-state index in [-0.39, 0.29) is 0 Å². The van der Waals surface area contributed by atoms with Crippen molar-refractivity contribution in [1.29, 1.82) is 0 Å². The maximum Gasteiger partial charge on any atom is 0.191 e. The van der Waals surface area contributed by atoms with Crippen molar-refractivity contribution < 1.29 is 9.47 Å². The first-order valence-electron chi connectivity index (χ1n) is 8.57. The van der Waals surface area contributed by atoms with Gasteiger partial charge in [-0.3, -0.25) is 0 Å². The molecule has 2 aromatic rings. The summed E-state index contributed by atoms with van der Waals surface area (Å²) in [6, 6.07) is 12.1. The quantitative estimate of drug-likeness (QED) is 0.387. The standard InChI is InChI=1S/C19H27N3O2S/c1-3-20-19(22-14-18-6-4-13-25-18)21-11-5-12-24-15-16-7-9-17(23-2)10-8-16/h4,6-10,13H,3,5,11-12,14-15H2,1-2H3,(H2,20,21,22). The number of nitrogens with zero attached hydrogens (tertiary/aromatic N) is 1. The zero-order chi connectivity index (χ0) is 17.7. The zero-order valence-electron chi connectivity index (χ0n) is 15.0. The molecule has 1 heterocycles. The van der Waals surface area contributed by atoms with E-state index in [0.29, 0.717) is 19.8 Å². The van der Waals surface area contributed by atoms with E-state index in [1.807, 2.05) is 24.3 Å². The van der Waals surface area contributed by atoms with Crippen molar-refractivity contribution in [2.45, 2.75) is 26.5 Å². The van der Waals surface area contributed by atoms with Crippen LogP contribution in [0.3, 0.4) is 0 Å². The van der Waals surface area contributed by atoms with Crippen LogP contribution in [0, 0.1) is 0 Å². The smallest absolute Gasteiger partial charge is 0.191 e. The van der Waals surface area contributed by atoms with E-state index in [4.69, 9.17) is 9.47 Å². The van der Waals surface area contributed by atoms with Crippen LogP contribution in [0.4, 0.5) is 0 Å². The molecule has 136 valence electrons. The van der Waals surface area contributed by atoms with Gasteiger partial charge in [-0.15, -0.1) is 11.3 Å². The lowest BCUT2D eigenvalue weighted by Crippen LogP contribution is -2.38. The second-order valence-electron chi connectivity index (χ2n) is 5.46. The molecule has 0 aliphatic rings. The molecule has 0 aliphatic carbocycles. The molecule has 0 aliphatic heterocycles. The topological polar surface area (TPSA) is 54.9 Å². The highest BCUT2D eigenvalue weighted by Crippen LogP contribution is 2.12. The lowest BCUT2D eigenvalue weighted by molar-refractivity contribution is 0.119. The number of nitrogens with one attached hydrogen (secondary N) is 2. The predicted molar refractivity (Wildman–Crippen MR) is 104 cm³/mol. The molecule has 0 bridgehead atoms. The summed E-state index contributed by atoms with van der Waals surface area (Å²) in [6.07, 6.45) is 0.930. The Hall–Kier alpha value is -2.05. The number of rotatable bonds is 10. The van der Waals surface area contributed by atoms with Crippen LogP contribution in [-0.4, -0.2) is 32.8 Å². The van der Waals surface area contributed by atoms with Crippen LogP contribution in [0.25, 0.3) is 0 Å². The molecule has 0 spiro atoms. The molecule has 0 radical (unpaired) electrons. The molecular formula is C19H27N3O2S. The maximum absolute atomic E-state index is 5.71. The van der Waals surface area contributed by atoms with Crippen LogP contribution < -0.4 is 15.4 Å². The monoisotopic (exact) mass is 361 g/mol. The van der Waals surface area contributed by atoms with Gasteiger partial charge in [0.25, 0.3) is 0 Å². The van der Waals surface area contributed by atoms with Crippen molar-refractivity contribution in [3.05, 3.63) is 52.2 Å². The minimum atomic E-state index is 0.622. The van der Waals surface area contributed by atoms with Crippen LogP contribution in [-0.2, 0) is 17.9 Å². The number of aliphatic imine (C=N–C) groups is 1. The van der Waals surface area contributed by atoms with E-state index in [2.05, 4.69) is 40.1 Å². The molecule has 5 nitrogen and oxygen atoms in total. The molecule has 6 heteroatoms. The summed E-state index contributed by atoms with van der Waals surface area (Å²) in [4.78, 5) is 5.85. The van der Waals surface area contributed by atoms with Gasteiger partial charge in [0.2, 0.25) is 0 Å². The Kier molecular flexibility index (Phi) is 8.86. The third-order valence-corrected chi connectivity index (χ3v) is 4.36. The van der Waals surface area contributed by atoms with Crippen LogP contribution >= 0.6 is 11.3 Å². The summed E-state index contributed by atoms with van der Waals surface area (Å²) in [5.74, 6) is 1.72. The highest BCUT2D eigenvalue weighted by molar-refractivity contribution is 7.09. The highest BCUT2D eigenvalue weighted by Gasteiger charge is 1.99. The SMILES string of the molecule is CCNC(=NCc1cccs1)NCCCOCc1ccc(OC)cc1. The van der Waals surface area contributed by atoms with Gasteiger partial charge in [0.15, 0.2) is 5.96 Å². The Bertz CT molecular complexity index is 612. The largest absolute Gasteiger partial charge is 0.497 e. The predicted octanol–water partition coefficient (Wildman–Crippen LogP) is 3.42. The number of benzene rings is 1. The van der Waals surface area contributed by atoms with Crippen molar-refractivity contribution in [2.75, 3.05) is 26.8 Å². The fourth-order valence-electron chi connectivity index (χ4n) is 2.19. The first-order valence-corrected chi connectivity index (χ1v) is 9.45. The first-order chi connectivity index (χ1) is 12.3. The lowest BCUT2D eigenvalue weighted by Gasteiger charge is -2.11. The minimum absolute atomic E-state index is 0.622. The van der Waals surface area contributed by atoms with E-state index >= 15 is 0 Å². The van der Waals surface area contributed by atoms with Crippen molar-refractivity contribution >= 4 is 17.3 Å². The zero-order valence-corrected chi connectivity index (χ0v) is 15.8. The summed E-state index contributed by atoms with van der Waals surface area (Å²) in [5.41, 5.74) is 1.15. The molecule has 2 rings (SSSR count). The number of methoxy groups -OCH3 is 1. The number of hydrogen-bond donors (Lipinski definition) is 2. The van der Waals surface area contributed by atoms with Crippen LogP contribution in [0.5, 0.6) is 5.75 Å². The van der Waals surface area contributed by atoms with E-state index in [9.17, 15) is 0 Å². The summed E-state index contributed by atoms with van der Waals surface area (Å²) < 4.78 is 10.9. The normalized spacial score (nSPS) is 11.4. The van der Waals surface area contributed by atoms with E-state index in [0.717, 1.165) is 36.8 Å². The summed E-state index contributed by atoms with van der Waals surface area (Å²) in [5, 5.41) is 8.68. The van der Waals surface area contributed by atoms with Crippen LogP contribution in [0.1, 0.15) is 23.8 Å². The minimum Gasteiger partial charge on any atom is -0.497 e. The van der Waals surface area contributed by atoms with Gasteiger partial charge in [-0.05, 0) is 42.5 Å². The Morgan fingerprint density at radius 3 is 2.68 bits per heavy atom. The van der Waals surface area contributed by atoms with Crippen LogP contribution in [0.15, 0.2) is 46.8 Å². The number of guanidine groups is 1. The molecule has 0 amide bonds. The van der Waals surface area contributed by atoms with Gasteiger partial charge >= 0.3 is 0 Å². The second-order valence-corrected chi connectivity index (χ2v) is 6.49. The molecule has 1 aromatic carbocycles. The molecule has 1 aromatic heterocycles. The number of ether oxygens (including phenoxy) is 2. The van der Waals surface area contributed by atoms with Gasteiger partial charge < -0.3 is 20.1 Å². The lowest BCUT2D eigenvalue weighted by atomic mass is 10.2. The molecule has 25 heavy (non-hydrogen) atoms. The number of hydrogen-bond acceptors (Lipinski definition) is 4. The van der Waals surface area contributed by atoms with Crippen molar-refractivity contribution in [2.24, 2.45) is 4.99 Å².